The van der Waals surface area contributed by atoms with E-state index in [9.17, 15) is 0 Å². The van der Waals surface area contributed by atoms with Gasteiger partial charge in [-0.2, -0.15) is 5.26 Å². The highest BCUT2D eigenvalue weighted by molar-refractivity contribution is 5.40. The maximum Gasteiger partial charge on any atom is 0.128 e. The van der Waals surface area contributed by atoms with Gasteiger partial charge in [0, 0.05) is 6.04 Å². The number of nitrogens with zero attached hydrogens (tertiary/aromatic N) is 1. The van der Waals surface area contributed by atoms with Crippen molar-refractivity contribution in [2.75, 3.05) is 7.05 Å². The summed E-state index contributed by atoms with van der Waals surface area (Å²) in [4.78, 5) is 0. The standard InChI is InChI=1S/C17H18N2O/c1-3-17(19-2)14-7-5-9-16(11-14)20-15-8-4-6-13(10-15)12-18/h4-11,17,19H,3H2,1-2H3. The fourth-order valence-electron chi connectivity index (χ4n) is 2.17. The smallest absolute Gasteiger partial charge is 0.128 e. The van der Waals surface area contributed by atoms with Gasteiger partial charge < -0.3 is 10.1 Å². The number of ether oxygens (including phenoxy) is 1. The molecule has 0 aromatic heterocycles. The zero-order valence-corrected chi connectivity index (χ0v) is 11.8. The van der Waals surface area contributed by atoms with E-state index in [1.54, 1.807) is 12.1 Å². The van der Waals surface area contributed by atoms with E-state index in [0.29, 0.717) is 17.4 Å². The molecular formula is C17H18N2O. The lowest BCUT2D eigenvalue weighted by Gasteiger charge is -2.15. The van der Waals surface area contributed by atoms with Gasteiger partial charge in [0.15, 0.2) is 0 Å². The molecule has 1 unspecified atom stereocenters. The first-order chi connectivity index (χ1) is 9.76. The number of hydrogen-bond acceptors (Lipinski definition) is 3. The molecule has 0 aliphatic heterocycles. The first-order valence-corrected chi connectivity index (χ1v) is 6.72. The number of nitriles is 1. The van der Waals surface area contributed by atoms with Gasteiger partial charge in [-0.15, -0.1) is 0 Å². The Morgan fingerprint density at radius 1 is 1.15 bits per heavy atom. The Morgan fingerprint density at radius 3 is 2.50 bits per heavy atom. The molecule has 0 spiro atoms. The minimum absolute atomic E-state index is 0.323. The molecule has 1 atom stereocenters. The molecule has 0 saturated heterocycles. The largest absolute Gasteiger partial charge is 0.457 e. The molecule has 0 fully saturated rings. The van der Waals surface area contributed by atoms with Crippen molar-refractivity contribution in [3.05, 3.63) is 59.7 Å². The van der Waals surface area contributed by atoms with E-state index in [4.69, 9.17) is 10.00 Å². The summed E-state index contributed by atoms with van der Waals surface area (Å²) in [7, 11) is 1.96. The summed E-state index contributed by atoms with van der Waals surface area (Å²) in [6.07, 6.45) is 1.02. The molecule has 2 aromatic rings. The quantitative estimate of drug-likeness (QED) is 0.889. The third-order valence-corrected chi connectivity index (χ3v) is 3.22. The number of hydrogen-bond donors (Lipinski definition) is 1. The average Bonchev–Trinajstić information content (AvgIpc) is 2.49. The lowest BCUT2D eigenvalue weighted by molar-refractivity contribution is 0.479. The molecule has 1 N–H and O–H groups in total. The van der Waals surface area contributed by atoms with Crippen molar-refractivity contribution in [1.82, 2.24) is 5.32 Å². The Balaban J connectivity index is 2.21. The second-order valence-electron chi connectivity index (χ2n) is 4.56. The van der Waals surface area contributed by atoms with Gasteiger partial charge in [0.1, 0.15) is 11.5 Å². The Kier molecular flexibility index (Phi) is 4.75. The fourth-order valence-corrected chi connectivity index (χ4v) is 2.17. The van der Waals surface area contributed by atoms with Crippen molar-refractivity contribution in [3.63, 3.8) is 0 Å². The molecule has 0 radical (unpaired) electrons. The fraction of sp³-hybridized carbons (Fsp3) is 0.235. The van der Waals surface area contributed by atoms with Crippen LogP contribution >= 0.6 is 0 Å². The molecule has 102 valence electrons. The number of nitrogens with one attached hydrogen (secondary N) is 1. The molecule has 0 amide bonds. The Morgan fingerprint density at radius 2 is 1.85 bits per heavy atom. The van der Waals surface area contributed by atoms with Crippen LogP contribution in [0.15, 0.2) is 48.5 Å². The maximum atomic E-state index is 8.90. The molecular weight excluding hydrogens is 248 g/mol. The highest BCUT2D eigenvalue weighted by atomic mass is 16.5. The molecule has 0 aliphatic rings. The van der Waals surface area contributed by atoms with Gasteiger partial charge in [-0.25, -0.2) is 0 Å². The average molecular weight is 266 g/mol. The van der Waals surface area contributed by atoms with Crippen LogP contribution in [0.25, 0.3) is 0 Å². The van der Waals surface area contributed by atoms with Gasteiger partial charge in [0.25, 0.3) is 0 Å². The highest BCUT2D eigenvalue weighted by Crippen LogP contribution is 2.26. The summed E-state index contributed by atoms with van der Waals surface area (Å²) in [5.74, 6) is 1.46. The molecule has 3 nitrogen and oxygen atoms in total. The SMILES string of the molecule is CCC(NC)c1cccc(Oc2cccc(C#N)c2)c1. The lowest BCUT2D eigenvalue weighted by atomic mass is 10.0. The number of rotatable bonds is 5. The van der Waals surface area contributed by atoms with Crippen molar-refractivity contribution in [3.8, 4) is 17.6 Å². The molecule has 0 saturated carbocycles. The molecule has 20 heavy (non-hydrogen) atoms. The van der Waals surface area contributed by atoms with E-state index in [0.717, 1.165) is 12.2 Å². The van der Waals surface area contributed by atoms with E-state index in [1.807, 2.05) is 37.4 Å². The molecule has 0 bridgehead atoms. The highest BCUT2D eigenvalue weighted by Gasteiger charge is 2.07. The summed E-state index contributed by atoms with van der Waals surface area (Å²) in [6, 6.07) is 17.6. The summed E-state index contributed by atoms with van der Waals surface area (Å²) in [5, 5.41) is 12.2. The zero-order chi connectivity index (χ0) is 14.4. The summed E-state index contributed by atoms with van der Waals surface area (Å²) >= 11 is 0. The van der Waals surface area contributed by atoms with Crippen molar-refractivity contribution >= 4 is 0 Å². The van der Waals surface area contributed by atoms with E-state index in [2.05, 4.69) is 24.4 Å². The first-order valence-electron chi connectivity index (χ1n) is 6.72. The zero-order valence-electron chi connectivity index (χ0n) is 11.8. The third kappa shape index (κ3) is 3.37. The second-order valence-corrected chi connectivity index (χ2v) is 4.56. The van der Waals surface area contributed by atoms with E-state index >= 15 is 0 Å². The van der Waals surface area contributed by atoms with Crippen LogP contribution in [0.3, 0.4) is 0 Å². The molecule has 0 heterocycles. The van der Waals surface area contributed by atoms with Gasteiger partial charge in [-0.3, -0.25) is 0 Å². The lowest BCUT2D eigenvalue weighted by Crippen LogP contribution is -2.14. The monoisotopic (exact) mass is 266 g/mol. The van der Waals surface area contributed by atoms with Crippen molar-refractivity contribution in [2.24, 2.45) is 0 Å². The van der Waals surface area contributed by atoms with Gasteiger partial charge in [0.2, 0.25) is 0 Å². The Hall–Kier alpha value is -2.31. The molecule has 0 aliphatic carbocycles. The van der Waals surface area contributed by atoms with Crippen LogP contribution in [0.1, 0.15) is 30.5 Å². The van der Waals surface area contributed by atoms with Crippen LogP contribution in [0.4, 0.5) is 0 Å². The van der Waals surface area contributed by atoms with Crippen molar-refractivity contribution in [2.45, 2.75) is 19.4 Å². The topological polar surface area (TPSA) is 45.0 Å². The van der Waals surface area contributed by atoms with E-state index < -0.39 is 0 Å². The minimum Gasteiger partial charge on any atom is -0.457 e. The predicted molar refractivity (Wildman–Crippen MR) is 79.8 cm³/mol. The van der Waals surface area contributed by atoms with Gasteiger partial charge in [-0.05, 0) is 49.4 Å². The van der Waals surface area contributed by atoms with Crippen molar-refractivity contribution in [1.29, 1.82) is 5.26 Å². The van der Waals surface area contributed by atoms with Crippen LogP contribution < -0.4 is 10.1 Å². The third-order valence-electron chi connectivity index (χ3n) is 3.22. The molecule has 2 rings (SSSR count). The number of benzene rings is 2. The molecule has 2 aromatic carbocycles. The van der Waals surface area contributed by atoms with Gasteiger partial charge in [-0.1, -0.05) is 25.1 Å². The summed E-state index contributed by atoms with van der Waals surface area (Å²) in [6.45, 7) is 2.14. The van der Waals surface area contributed by atoms with Gasteiger partial charge >= 0.3 is 0 Å². The maximum absolute atomic E-state index is 8.90. The normalized spacial score (nSPS) is 11.7. The van der Waals surface area contributed by atoms with E-state index in [1.165, 1.54) is 5.56 Å². The van der Waals surface area contributed by atoms with Crippen LogP contribution in [-0.4, -0.2) is 7.05 Å². The summed E-state index contributed by atoms with van der Waals surface area (Å²) < 4.78 is 5.82. The summed E-state index contributed by atoms with van der Waals surface area (Å²) in [5.41, 5.74) is 1.80. The van der Waals surface area contributed by atoms with Crippen LogP contribution in [0.5, 0.6) is 11.5 Å². The minimum atomic E-state index is 0.323. The van der Waals surface area contributed by atoms with E-state index in [-0.39, 0.29) is 0 Å². The van der Waals surface area contributed by atoms with Crippen LogP contribution in [0, 0.1) is 11.3 Å². The predicted octanol–water partition coefficient (Wildman–Crippen LogP) is 4.02. The van der Waals surface area contributed by atoms with Crippen LogP contribution in [-0.2, 0) is 0 Å². The first kappa shape index (κ1) is 14.1. The van der Waals surface area contributed by atoms with Gasteiger partial charge in [0.05, 0.1) is 11.6 Å². The van der Waals surface area contributed by atoms with Crippen molar-refractivity contribution < 1.29 is 4.74 Å². The Labute approximate surface area is 119 Å². The van der Waals surface area contributed by atoms with Crippen LogP contribution in [0.2, 0.25) is 0 Å². The molecule has 3 heteroatoms. The second kappa shape index (κ2) is 6.74. The Bertz CT molecular complexity index is 612.